The van der Waals surface area contributed by atoms with Crippen molar-refractivity contribution >= 4 is 5.91 Å². The van der Waals surface area contributed by atoms with E-state index in [0.29, 0.717) is 23.5 Å². The monoisotopic (exact) mass is 301 g/mol. The molecule has 0 saturated carbocycles. The molecule has 6 heteroatoms. The van der Waals surface area contributed by atoms with Crippen LogP contribution < -0.4 is 10.6 Å². The van der Waals surface area contributed by atoms with Crippen molar-refractivity contribution in [3.05, 3.63) is 42.0 Å². The molecule has 2 fully saturated rings. The maximum Gasteiger partial charge on any atom is 0.287 e. The molecular formula is C16H16FN3O2. The fourth-order valence-electron chi connectivity index (χ4n) is 3.34. The molecule has 1 amide bonds. The molecule has 2 aromatic rings. The lowest BCUT2D eigenvalue weighted by molar-refractivity contribution is 0.0903. The molecule has 2 N–H and O–H groups in total. The van der Waals surface area contributed by atoms with Crippen LogP contribution in [0.3, 0.4) is 0 Å². The summed E-state index contributed by atoms with van der Waals surface area (Å²) < 4.78 is 18.4. The molecule has 2 saturated heterocycles. The van der Waals surface area contributed by atoms with Gasteiger partial charge in [-0.1, -0.05) is 0 Å². The Morgan fingerprint density at radius 1 is 1.32 bits per heavy atom. The highest BCUT2D eigenvalue weighted by Gasteiger charge is 2.39. The molecule has 5 nitrogen and oxygen atoms in total. The van der Waals surface area contributed by atoms with E-state index in [1.807, 2.05) is 0 Å². The van der Waals surface area contributed by atoms with Crippen LogP contribution in [0.1, 0.15) is 29.8 Å². The number of carbonyl (C=O) groups excluding carboxylic acids is 1. The van der Waals surface area contributed by atoms with Gasteiger partial charge in [0.15, 0.2) is 11.5 Å². The minimum atomic E-state index is -0.406. The SMILES string of the molecule is O=C(NC1CC2CCC1N2)c1ccc(-c2ccc(F)cn2)o1. The average molecular weight is 301 g/mol. The van der Waals surface area contributed by atoms with Crippen molar-refractivity contribution < 1.29 is 13.6 Å². The third-order valence-electron chi connectivity index (χ3n) is 4.43. The number of amides is 1. The number of nitrogens with zero attached hydrogens (tertiary/aromatic N) is 1. The first kappa shape index (κ1) is 13.5. The molecule has 22 heavy (non-hydrogen) atoms. The van der Waals surface area contributed by atoms with E-state index in [9.17, 15) is 9.18 Å². The summed E-state index contributed by atoms with van der Waals surface area (Å²) in [5.41, 5.74) is 0.502. The van der Waals surface area contributed by atoms with E-state index in [1.165, 1.54) is 18.6 Å². The molecule has 4 heterocycles. The largest absolute Gasteiger partial charge is 0.449 e. The summed E-state index contributed by atoms with van der Waals surface area (Å²) in [4.78, 5) is 16.2. The Hall–Kier alpha value is -2.21. The van der Waals surface area contributed by atoms with Crippen LogP contribution in [0, 0.1) is 5.82 Å². The normalized spacial score (nSPS) is 26.3. The summed E-state index contributed by atoms with van der Waals surface area (Å²) in [6.07, 6.45) is 4.40. The van der Waals surface area contributed by atoms with Crippen LogP contribution in [0.25, 0.3) is 11.5 Å². The number of halogens is 1. The van der Waals surface area contributed by atoms with Gasteiger partial charge in [-0.05, 0) is 43.5 Å². The average Bonchev–Trinajstić information content (AvgIpc) is 3.24. The summed E-state index contributed by atoms with van der Waals surface area (Å²) in [7, 11) is 0. The fourth-order valence-corrected chi connectivity index (χ4v) is 3.34. The van der Waals surface area contributed by atoms with E-state index in [0.717, 1.165) is 19.0 Å². The number of carbonyl (C=O) groups is 1. The molecule has 2 aliphatic rings. The standard InChI is InChI=1S/C16H16FN3O2/c17-9-1-3-12(18-8-9)14-5-6-15(22-14)16(21)20-13-7-10-2-4-11(13)19-10/h1,3,5-6,8,10-11,13,19H,2,4,7H2,(H,20,21). The van der Waals surface area contributed by atoms with Gasteiger partial charge in [-0.2, -0.15) is 0 Å². The van der Waals surface area contributed by atoms with Crippen LogP contribution in [0.2, 0.25) is 0 Å². The molecular weight excluding hydrogens is 285 g/mol. The van der Waals surface area contributed by atoms with Crippen molar-refractivity contribution in [2.24, 2.45) is 0 Å². The Bertz CT molecular complexity index is 698. The first-order valence-electron chi connectivity index (χ1n) is 7.48. The molecule has 0 aliphatic carbocycles. The number of hydrogen-bond acceptors (Lipinski definition) is 4. The summed E-state index contributed by atoms with van der Waals surface area (Å²) in [5, 5.41) is 6.51. The van der Waals surface area contributed by atoms with Crippen LogP contribution in [0.5, 0.6) is 0 Å². The number of rotatable bonds is 3. The van der Waals surface area contributed by atoms with E-state index in [2.05, 4.69) is 15.6 Å². The Labute approximate surface area is 126 Å². The summed E-state index contributed by atoms with van der Waals surface area (Å²) in [6, 6.07) is 7.21. The van der Waals surface area contributed by atoms with Gasteiger partial charge in [0.25, 0.3) is 5.91 Å². The molecule has 3 unspecified atom stereocenters. The van der Waals surface area contributed by atoms with Crippen LogP contribution in [0.4, 0.5) is 4.39 Å². The molecule has 114 valence electrons. The first-order chi connectivity index (χ1) is 10.7. The molecule has 2 bridgehead atoms. The highest BCUT2D eigenvalue weighted by atomic mass is 19.1. The topological polar surface area (TPSA) is 67.2 Å². The van der Waals surface area contributed by atoms with E-state index >= 15 is 0 Å². The number of aromatic nitrogens is 1. The van der Waals surface area contributed by atoms with Gasteiger partial charge in [-0.25, -0.2) is 9.37 Å². The Kier molecular flexibility index (Phi) is 3.18. The maximum absolute atomic E-state index is 12.9. The van der Waals surface area contributed by atoms with Crippen LogP contribution >= 0.6 is 0 Å². The Morgan fingerprint density at radius 2 is 2.23 bits per heavy atom. The zero-order chi connectivity index (χ0) is 15.1. The highest BCUT2D eigenvalue weighted by Crippen LogP contribution is 2.28. The Balaban J connectivity index is 1.46. The molecule has 0 spiro atoms. The van der Waals surface area contributed by atoms with Gasteiger partial charge in [-0.3, -0.25) is 4.79 Å². The van der Waals surface area contributed by atoms with Crippen LogP contribution in [0.15, 0.2) is 34.9 Å². The molecule has 0 radical (unpaired) electrons. The summed E-state index contributed by atoms with van der Waals surface area (Å²) >= 11 is 0. The number of furan rings is 1. The van der Waals surface area contributed by atoms with Crippen molar-refractivity contribution in [1.82, 2.24) is 15.6 Å². The lowest BCUT2D eigenvalue weighted by Gasteiger charge is -2.20. The van der Waals surface area contributed by atoms with E-state index < -0.39 is 5.82 Å². The van der Waals surface area contributed by atoms with Gasteiger partial charge < -0.3 is 15.1 Å². The molecule has 3 atom stereocenters. The minimum absolute atomic E-state index is 0.170. The number of pyridine rings is 1. The van der Waals surface area contributed by atoms with Crippen molar-refractivity contribution in [3.8, 4) is 11.5 Å². The number of fused-ring (bicyclic) bond motifs is 2. The van der Waals surface area contributed by atoms with Gasteiger partial charge in [0.2, 0.25) is 0 Å². The fraction of sp³-hybridized carbons (Fsp3) is 0.375. The quantitative estimate of drug-likeness (QED) is 0.911. The van der Waals surface area contributed by atoms with Gasteiger partial charge in [0.05, 0.1) is 6.20 Å². The van der Waals surface area contributed by atoms with Gasteiger partial charge >= 0.3 is 0 Å². The Morgan fingerprint density at radius 3 is 2.91 bits per heavy atom. The first-order valence-corrected chi connectivity index (χ1v) is 7.48. The molecule has 2 aromatic heterocycles. The van der Waals surface area contributed by atoms with E-state index in [4.69, 9.17) is 4.42 Å². The van der Waals surface area contributed by atoms with Crippen molar-refractivity contribution in [2.75, 3.05) is 0 Å². The van der Waals surface area contributed by atoms with Crippen LogP contribution in [-0.2, 0) is 0 Å². The van der Waals surface area contributed by atoms with Gasteiger partial charge in [0.1, 0.15) is 11.5 Å². The molecule has 2 aliphatic heterocycles. The minimum Gasteiger partial charge on any atom is -0.449 e. The summed E-state index contributed by atoms with van der Waals surface area (Å²) in [6.45, 7) is 0. The third-order valence-corrected chi connectivity index (χ3v) is 4.43. The second kappa shape index (κ2) is 5.21. The predicted octanol–water partition coefficient (Wildman–Crippen LogP) is 2.10. The highest BCUT2D eigenvalue weighted by molar-refractivity contribution is 5.92. The van der Waals surface area contributed by atoms with Gasteiger partial charge in [0, 0.05) is 18.1 Å². The molecule has 4 rings (SSSR count). The van der Waals surface area contributed by atoms with E-state index in [1.54, 1.807) is 12.1 Å². The molecule has 0 aromatic carbocycles. The smallest absolute Gasteiger partial charge is 0.287 e. The van der Waals surface area contributed by atoms with Crippen molar-refractivity contribution in [3.63, 3.8) is 0 Å². The van der Waals surface area contributed by atoms with Gasteiger partial charge in [-0.15, -0.1) is 0 Å². The van der Waals surface area contributed by atoms with Crippen LogP contribution in [-0.4, -0.2) is 29.0 Å². The van der Waals surface area contributed by atoms with E-state index in [-0.39, 0.29) is 17.7 Å². The second-order valence-corrected chi connectivity index (χ2v) is 5.89. The third kappa shape index (κ3) is 2.39. The number of hydrogen-bond donors (Lipinski definition) is 2. The maximum atomic E-state index is 12.9. The van der Waals surface area contributed by atoms with Crippen molar-refractivity contribution in [2.45, 2.75) is 37.4 Å². The summed E-state index contributed by atoms with van der Waals surface area (Å²) in [5.74, 6) is 0.0879. The predicted molar refractivity (Wildman–Crippen MR) is 77.7 cm³/mol. The second-order valence-electron chi connectivity index (χ2n) is 5.89. The number of nitrogens with one attached hydrogen (secondary N) is 2. The lowest BCUT2D eigenvalue weighted by atomic mass is 9.95. The zero-order valence-electron chi connectivity index (χ0n) is 11.9. The zero-order valence-corrected chi connectivity index (χ0v) is 11.9. The van der Waals surface area contributed by atoms with Crippen molar-refractivity contribution in [1.29, 1.82) is 0 Å². The lowest BCUT2D eigenvalue weighted by Crippen LogP contribution is -2.42.